The lowest BCUT2D eigenvalue weighted by molar-refractivity contribution is 0.177. The van der Waals surface area contributed by atoms with E-state index in [1.807, 2.05) is 43.3 Å². The Labute approximate surface area is 180 Å². The van der Waals surface area contributed by atoms with Gasteiger partial charge in [0.25, 0.3) is 5.56 Å². The molecule has 8 nitrogen and oxygen atoms in total. The molecule has 0 saturated carbocycles. The predicted octanol–water partition coefficient (Wildman–Crippen LogP) is 2.67. The predicted molar refractivity (Wildman–Crippen MR) is 118 cm³/mol. The highest BCUT2D eigenvalue weighted by Crippen LogP contribution is 2.16. The fourth-order valence-electron chi connectivity index (χ4n) is 3.62. The third-order valence-electron chi connectivity index (χ3n) is 5.20. The average Bonchev–Trinajstić information content (AvgIpc) is 3.20. The van der Waals surface area contributed by atoms with Crippen molar-refractivity contribution >= 4 is 10.9 Å². The molecule has 0 fully saturated rings. The van der Waals surface area contributed by atoms with Crippen LogP contribution in [0.15, 0.2) is 59.4 Å². The average molecular weight is 419 g/mol. The Morgan fingerprint density at radius 2 is 1.90 bits per heavy atom. The quantitative estimate of drug-likeness (QED) is 0.450. The molecule has 0 unspecified atom stereocenters. The zero-order valence-electron chi connectivity index (χ0n) is 17.8. The molecule has 2 heterocycles. The topological polar surface area (TPSA) is 88.9 Å². The lowest BCUT2D eigenvalue weighted by atomic mass is 10.1. The van der Waals surface area contributed by atoms with Crippen LogP contribution >= 0.6 is 0 Å². The molecule has 4 rings (SSSR count). The monoisotopic (exact) mass is 418 g/mol. The van der Waals surface area contributed by atoms with Gasteiger partial charge in [0, 0.05) is 31.3 Å². The van der Waals surface area contributed by atoms with Gasteiger partial charge in [-0.05, 0) is 46.0 Å². The van der Waals surface area contributed by atoms with Crippen LogP contribution in [-0.2, 0) is 30.9 Å². The molecule has 2 aromatic heterocycles. The lowest BCUT2D eigenvalue weighted by Gasteiger charge is -2.22. The van der Waals surface area contributed by atoms with Crippen molar-refractivity contribution in [2.45, 2.75) is 33.1 Å². The highest BCUT2D eigenvalue weighted by molar-refractivity contribution is 5.79. The van der Waals surface area contributed by atoms with Gasteiger partial charge in [-0.3, -0.25) is 9.69 Å². The summed E-state index contributed by atoms with van der Waals surface area (Å²) in [6.07, 6.45) is 0. The summed E-state index contributed by atoms with van der Waals surface area (Å²) >= 11 is 0. The van der Waals surface area contributed by atoms with Crippen LogP contribution in [0, 0.1) is 6.92 Å². The number of rotatable bonds is 9. The summed E-state index contributed by atoms with van der Waals surface area (Å²) in [6, 6.07) is 18.2. The van der Waals surface area contributed by atoms with Crippen LogP contribution in [0.1, 0.15) is 22.5 Å². The van der Waals surface area contributed by atoms with E-state index in [2.05, 4.69) is 43.6 Å². The number of fused-ring (bicyclic) bond motifs is 1. The zero-order valence-corrected chi connectivity index (χ0v) is 17.8. The van der Waals surface area contributed by atoms with Gasteiger partial charge in [0.1, 0.15) is 0 Å². The molecule has 0 aliphatic rings. The van der Waals surface area contributed by atoms with E-state index in [9.17, 15) is 4.79 Å². The van der Waals surface area contributed by atoms with Gasteiger partial charge in [-0.25, -0.2) is 4.68 Å². The Morgan fingerprint density at radius 3 is 2.71 bits per heavy atom. The van der Waals surface area contributed by atoms with Crippen molar-refractivity contribution in [3.63, 3.8) is 0 Å². The molecule has 0 spiro atoms. The van der Waals surface area contributed by atoms with E-state index in [4.69, 9.17) is 4.74 Å². The fraction of sp³-hybridized carbons (Fsp3) is 0.304. The molecule has 8 heteroatoms. The summed E-state index contributed by atoms with van der Waals surface area (Å²) in [7, 11) is 1.65. The van der Waals surface area contributed by atoms with Crippen LogP contribution < -0.4 is 5.56 Å². The van der Waals surface area contributed by atoms with Crippen LogP contribution in [-0.4, -0.2) is 43.8 Å². The second-order valence-corrected chi connectivity index (χ2v) is 7.66. The maximum absolute atomic E-state index is 12.8. The van der Waals surface area contributed by atoms with Crippen LogP contribution in [0.4, 0.5) is 0 Å². The number of aryl methyl sites for hydroxylation is 1. The molecule has 0 bridgehead atoms. The Kier molecular flexibility index (Phi) is 6.49. The van der Waals surface area contributed by atoms with Crippen LogP contribution in [0.3, 0.4) is 0 Å². The van der Waals surface area contributed by atoms with Gasteiger partial charge in [0.2, 0.25) is 0 Å². The third-order valence-corrected chi connectivity index (χ3v) is 5.20. The van der Waals surface area contributed by atoms with Gasteiger partial charge < -0.3 is 9.72 Å². The molecule has 0 amide bonds. The minimum atomic E-state index is -0.0739. The normalized spacial score (nSPS) is 11.5. The first kappa shape index (κ1) is 20.9. The number of benzene rings is 2. The van der Waals surface area contributed by atoms with E-state index < -0.39 is 0 Å². The molecule has 2 aromatic carbocycles. The fourth-order valence-corrected chi connectivity index (χ4v) is 3.62. The van der Waals surface area contributed by atoms with Crippen molar-refractivity contribution in [1.82, 2.24) is 30.1 Å². The largest absolute Gasteiger partial charge is 0.383 e. The SMILES string of the molecule is COCCn1nnnc1CN(Cc1ccccc1)Cc1cc2ccc(C)cc2[nH]c1=O. The number of hydrogen-bond donors (Lipinski definition) is 1. The smallest absolute Gasteiger partial charge is 0.252 e. The molecular weight excluding hydrogens is 392 g/mol. The van der Waals surface area contributed by atoms with Gasteiger partial charge in [0.05, 0.1) is 19.7 Å². The summed E-state index contributed by atoms with van der Waals surface area (Å²) in [5, 5.41) is 13.1. The first-order valence-electron chi connectivity index (χ1n) is 10.2. The summed E-state index contributed by atoms with van der Waals surface area (Å²) in [4.78, 5) is 18.0. The second kappa shape index (κ2) is 9.63. The van der Waals surface area contributed by atoms with Gasteiger partial charge in [0.15, 0.2) is 5.82 Å². The van der Waals surface area contributed by atoms with Crippen LogP contribution in [0.5, 0.6) is 0 Å². The second-order valence-electron chi connectivity index (χ2n) is 7.66. The standard InChI is InChI=1S/C23H26N6O2/c1-17-8-9-19-13-20(23(30)24-21(19)12-17)15-28(14-18-6-4-3-5-7-18)16-22-25-26-27-29(22)10-11-31-2/h3-9,12-13H,10-11,14-16H2,1-2H3,(H,24,30). The van der Waals surface area contributed by atoms with Crippen molar-refractivity contribution in [3.05, 3.63) is 87.5 Å². The van der Waals surface area contributed by atoms with Crippen molar-refractivity contribution in [3.8, 4) is 0 Å². The Hall–Kier alpha value is -3.36. The van der Waals surface area contributed by atoms with E-state index in [0.717, 1.165) is 27.9 Å². The number of H-pyrrole nitrogens is 1. The molecule has 0 aliphatic carbocycles. The minimum Gasteiger partial charge on any atom is -0.383 e. The van der Waals surface area contributed by atoms with Gasteiger partial charge in [-0.1, -0.05) is 42.5 Å². The van der Waals surface area contributed by atoms with Crippen LogP contribution in [0.2, 0.25) is 0 Å². The molecule has 0 saturated heterocycles. The van der Waals surface area contributed by atoms with Gasteiger partial charge >= 0.3 is 0 Å². The number of aromatic amines is 1. The molecule has 31 heavy (non-hydrogen) atoms. The summed E-state index contributed by atoms with van der Waals surface area (Å²) < 4.78 is 6.90. The first-order valence-corrected chi connectivity index (χ1v) is 10.2. The molecular formula is C23H26N6O2. The number of ether oxygens (including phenoxy) is 1. The van der Waals surface area contributed by atoms with E-state index in [1.54, 1.807) is 11.8 Å². The number of tetrazole rings is 1. The molecule has 0 aliphatic heterocycles. The Balaban J connectivity index is 1.62. The molecule has 160 valence electrons. The van der Waals surface area contributed by atoms with Gasteiger partial charge in [-0.2, -0.15) is 0 Å². The van der Waals surface area contributed by atoms with E-state index in [1.165, 1.54) is 0 Å². The summed E-state index contributed by atoms with van der Waals surface area (Å²) in [5.41, 5.74) is 3.76. The number of nitrogens with zero attached hydrogens (tertiary/aromatic N) is 5. The molecule has 4 aromatic rings. The summed E-state index contributed by atoms with van der Waals surface area (Å²) in [5.74, 6) is 0.737. The first-order chi connectivity index (χ1) is 15.1. The number of pyridine rings is 1. The lowest BCUT2D eigenvalue weighted by Crippen LogP contribution is -2.28. The third kappa shape index (κ3) is 5.22. The van der Waals surface area contributed by atoms with Crippen molar-refractivity contribution < 1.29 is 4.74 Å². The summed E-state index contributed by atoms with van der Waals surface area (Å²) in [6.45, 7) is 4.78. The van der Waals surface area contributed by atoms with Crippen molar-refractivity contribution in [2.24, 2.45) is 0 Å². The van der Waals surface area contributed by atoms with Crippen molar-refractivity contribution in [2.75, 3.05) is 13.7 Å². The molecule has 0 atom stereocenters. The van der Waals surface area contributed by atoms with E-state index in [-0.39, 0.29) is 5.56 Å². The van der Waals surface area contributed by atoms with Crippen molar-refractivity contribution in [1.29, 1.82) is 0 Å². The van der Waals surface area contributed by atoms with E-state index >= 15 is 0 Å². The molecule has 0 radical (unpaired) electrons. The minimum absolute atomic E-state index is 0.0739. The number of methoxy groups -OCH3 is 1. The maximum Gasteiger partial charge on any atom is 0.252 e. The number of hydrogen-bond acceptors (Lipinski definition) is 6. The highest BCUT2D eigenvalue weighted by Gasteiger charge is 2.15. The highest BCUT2D eigenvalue weighted by atomic mass is 16.5. The maximum atomic E-state index is 12.8. The number of aromatic nitrogens is 5. The Bertz CT molecular complexity index is 1200. The Morgan fingerprint density at radius 1 is 1.06 bits per heavy atom. The molecule has 1 N–H and O–H groups in total. The number of nitrogens with one attached hydrogen (secondary N) is 1. The zero-order chi connectivity index (χ0) is 21.6. The van der Waals surface area contributed by atoms with Crippen LogP contribution in [0.25, 0.3) is 10.9 Å². The van der Waals surface area contributed by atoms with Gasteiger partial charge in [-0.15, -0.1) is 5.10 Å². The van der Waals surface area contributed by atoms with E-state index in [0.29, 0.717) is 38.3 Å².